The summed E-state index contributed by atoms with van der Waals surface area (Å²) in [5, 5.41) is 2.92. The summed E-state index contributed by atoms with van der Waals surface area (Å²) in [6, 6.07) is 7.24. The molecule has 1 amide bonds. The van der Waals surface area contributed by atoms with Crippen LogP contribution in [-0.4, -0.2) is 49.9 Å². The van der Waals surface area contributed by atoms with Gasteiger partial charge in [0.05, 0.1) is 25.3 Å². The van der Waals surface area contributed by atoms with E-state index in [4.69, 9.17) is 9.15 Å². The lowest BCUT2D eigenvalue weighted by Gasteiger charge is -2.23. The number of fused-ring (bicyclic) bond motifs is 1. The number of aromatic nitrogens is 1. The molecule has 0 radical (unpaired) electrons. The summed E-state index contributed by atoms with van der Waals surface area (Å²) < 4.78 is 12.0. The molecule has 1 fully saturated rings. The van der Waals surface area contributed by atoms with Crippen molar-refractivity contribution in [2.45, 2.75) is 19.4 Å². The number of hydrogen-bond donors (Lipinski definition) is 2. The molecule has 1 aliphatic rings. The van der Waals surface area contributed by atoms with Gasteiger partial charge in [-0.25, -0.2) is 4.79 Å². The highest BCUT2D eigenvalue weighted by Gasteiger charge is 2.13. The second kappa shape index (κ2) is 8.12. The van der Waals surface area contributed by atoms with Crippen LogP contribution in [0.15, 0.2) is 33.5 Å². The Labute approximate surface area is 140 Å². The molecule has 1 aromatic carbocycles. The van der Waals surface area contributed by atoms with Gasteiger partial charge in [0, 0.05) is 25.9 Å². The highest BCUT2D eigenvalue weighted by molar-refractivity contribution is 5.76. The number of hydrogen-bond acceptors (Lipinski definition) is 4. The Morgan fingerprint density at radius 3 is 2.88 bits per heavy atom. The Bertz CT molecular complexity index is 731. The molecule has 24 heavy (non-hydrogen) atoms. The van der Waals surface area contributed by atoms with Crippen LogP contribution in [0.4, 0.5) is 0 Å². The quantitative estimate of drug-likeness (QED) is 0.663. The van der Waals surface area contributed by atoms with Gasteiger partial charge in [-0.05, 0) is 12.1 Å². The lowest BCUT2D eigenvalue weighted by Crippen LogP contribution is -3.14. The van der Waals surface area contributed by atoms with Crippen molar-refractivity contribution in [3.63, 3.8) is 0 Å². The standard InChI is InChI=1S/C17H23N3O4/c21-16(18-7-3-8-19-10-12-23-13-11-19)6-9-20-14-4-1-2-5-15(14)24-17(20)22/h1-2,4-5H,3,6-13H2,(H,18,21)/p+1. The fourth-order valence-corrected chi connectivity index (χ4v) is 3.00. The first-order chi connectivity index (χ1) is 11.7. The van der Waals surface area contributed by atoms with E-state index in [1.165, 1.54) is 9.47 Å². The summed E-state index contributed by atoms with van der Waals surface area (Å²) in [6.07, 6.45) is 1.23. The second-order valence-electron chi connectivity index (χ2n) is 6.05. The van der Waals surface area contributed by atoms with E-state index in [0.29, 0.717) is 18.7 Å². The van der Waals surface area contributed by atoms with Gasteiger partial charge in [-0.2, -0.15) is 0 Å². The van der Waals surface area contributed by atoms with Gasteiger partial charge in [0.25, 0.3) is 0 Å². The maximum absolute atomic E-state index is 12.0. The van der Waals surface area contributed by atoms with Gasteiger partial charge in [0.2, 0.25) is 5.91 Å². The average molecular weight is 334 g/mol. The summed E-state index contributed by atoms with van der Waals surface area (Å²) in [4.78, 5) is 25.3. The monoisotopic (exact) mass is 334 g/mol. The highest BCUT2D eigenvalue weighted by atomic mass is 16.5. The van der Waals surface area contributed by atoms with Crippen molar-refractivity contribution in [3.05, 3.63) is 34.8 Å². The number of carbonyl (C=O) groups excluding carboxylic acids is 1. The zero-order chi connectivity index (χ0) is 16.8. The van der Waals surface area contributed by atoms with Crippen molar-refractivity contribution in [2.75, 3.05) is 39.4 Å². The van der Waals surface area contributed by atoms with Crippen molar-refractivity contribution in [2.24, 2.45) is 0 Å². The molecular formula is C17H24N3O4+. The number of nitrogens with zero attached hydrogens (tertiary/aromatic N) is 1. The van der Waals surface area contributed by atoms with Crippen LogP contribution in [0.5, 0.6) is 0 Å². The van der Waals surface area contributed by atoms with E-state index in [0.717, 1.165) is 44.8 Å². The molecule has 0 aliphatic carbocycles. The van der Waals surface area contributed by atoms with E-state index in [1.807, 2.05) is 18.2 Å². The smallest absolute Gasteiger partial charge is 0.408 e. The molecule has 1 saturated heterocycles. The molecule has 2 aromatic rings. The molecule has 130 valence electrons. The number of aryl methyl sites for hydroxylation is 1. The van der Waals surface area contributed by atoms with E-state index in [-0.39, 0.29) is 12.3 Å². The largest absolute Gasteiger partial charge is 0.419 e. The Balaban J connectivity index is 1.40. The van der Waals surface area contributed by atoms with Gasteiger partial charge < -0.3 is 19.4 Å². The van der Waals surface area contributed by atoms with E-state index in [1.54, 1.807) is 6.07 Å². The Morgan fingerprint density at radius 2 is 2.04 bits per heavy atom. The normalized spacial score (nSPS) is 15.7. The molecular weight excluding hydrogens is 310 g/mol. The molecule has 7 heteroatoms. The van der Waals surface area contributed by atoms with Crippen LogP contribution in [0.3, 0.4) is 0 Å². The topological polar surface area (TPSA) is 77.9 Å². The van der Waals surface area contributed by atoms with Crippen LogP contribution in [-0.2, 0) is 16.1 Å². The van der Waals surface area contributed by atoms with Gasteiger partial charge in [-0.1, -0.05) is 12.1 Å². The van der Waals surface area contributed by atoms with Gasteiger partial charge in [-0.3, -0.25) is 9.36 Å². The lowest BCUT2D eigenvalue weighted by atomic mass is 10.3. The number of morpholine rings is 1. The van der Waals surface area contributed by atoms with Crippen molar-refractivity contribution in [1.82, 2.24) is 9.88 Å². The zero-order valence-corrected chi connectivity index (χ0v) is 13.8. The molecule has 7 nitrogen and oxygen atoms in total. The van der Waals surface area contributed by atoms with Crippen molar-refractivity contribution < 1.29 is 18.8 Å². The van der Waals surface area contributed by atoms with Gasteiger partial charge in [0.1, 0.15) is 13.1 Å². The minimum atomic E-state index is -0.417. The summed E-state index contributed by atoms with van der Waals surface area (Å²) >= 11 is 0. The summed E-state index contributed by atoms with van der Waals surface area (Å²) in [5.41, 5.74) is 1.28. The number of rotatable bonds is 7. The molecule has 2 heterocycles. The zero-order valence-electron chi connectivity index (χ0n) is 13.8. The van der Waals surface area contributed by atoms with Crippen molar-refractivity contribution in [1.29, 1.82) is 0 Å². The molecule has 3 rings (SSSR count). The van der Waals surface area contributed by atoms with Crippen molar-refractivity contribution >= 4 is 17.0 Å². The Kier molecular flexibility index (Phi) is 5.66. The van der Waals surface area contributed by atoms with Crippen LogP contribution in [0.2, 0.25) is 0 Å². The minimum Gasteiger partial charge on any atom is -0.408 e. The van der Waals surface area contributed by atoms with Crippen molar-refractivity contribution in [3.8, 4) is 0 Å². The third-order valence-corrected chi connectivity index (χ3v) is 4.37. The molecule has 2 N–H and O–H groups in total. The Morgan fingerprint density at radius 1 is 1.25 bits per heavy atom. The lowest BCUT2D eigenvalue weighted by molar-refractivity contribution is -0.908. The molecule has 0 unspecified atom stereocenters. The SMILES string of the molecule is O=C(CCn1c(=O)oc2ccccc21)NCCC[NH+]1CCOCC1. The van der Waals surface area contributed by atoms with Crippen LogP contribution < -0.4 is 16.0 Å². The van der Waals surface area contributed by atoms with Gasteiger partial charge >= 0.3 is 5.76 Å². The molecule has 0 bridgehead atoms. The minimum absolute atomic E-state index is 0.0378. The third-order valence-electron chi connectivity index (χ3n) is 4.37. The number of quaternary nitrogens is 1. The molecule has 0 atom stereocenters. The molecule has 1 aliphatic heterocycles. The van der Waals surface area contributed by atoms with Gasteiger partial charge in [0.15, 0.2) is 5.58 Å². The summed E-state index contributed by atoms with van der Waals surface area (Å²) in [7, 11) is 0. The number of benzene rings is 1. The number of para-hydroxylation sites is 2. The predicted molar refractivity (Wildman–Crippen MR) is 89.1 cm³/mol. The van der Waals surface area contributed by atoms with E-state index < -0.39 is 5.76 Å². The number of amides is 1. The van der Waals surface area contributed by atoms with Crippen LogP contribution in [0.1, 0.15) is 12.8 Å². The number of nitrogens with one attached hydrogen (secondary N) is 2. The maximum atomic E-state index is 12.0. The van der Waals surface area contributed by atoms with E-state index in [9.17, 15) is 9.59 Å². The fraction of sp³-hybridized carbons (Fsp3) is 0.529. The molecule has 0 saturated carbocycles. The predicted octanol–water partition coefficient (Wildman–Crippen LogP) is -0.594. The maximum Gasteiger partial charge on any atom is 0.419 e. The Hall–Kier alpha value is -2.12. The summed E-state index contributed by atoms with van der Waals surface area (Å²) in [6.45, 7) is 5.80. The first-order valence-corrected chi connectivity index (χ1v) is 8.50. The van der Waals surface area contributed by atoms with Crippen LogP contribution in [0.25, 0.3) is 11.1 Å². The third kappa shape index (κ3) is 4.24. The van der Waals surface area contributed by atoms with Crippen LogP contribution >= 0.6 is 0 Å². The fourth-order valence-electron chi connectivity index (χ4n) is 3.00. The van der Waals surface area contributed by atoms with Gasteiger partial charge in [-0.15, -0.1) is 0 Å². The van der Waals surface area contributed by atoms with Crippen LogP contribution in [0, 0.1) is 0 Å². The first-order valence-electron chi connectivity index (χ1n) is 8.50. The molecule has 1 aromatic heterocycles. The second-order valence-corrected chi connectivity index (χ2v) is 6.05. The number of oxazole rings is 1. The van der Waals surface area contributed by atoms with E-state index >= 15 is 0 Å². The molecule has 0 spiro atoms. The summed E-state index contributed by atoms with van der Waals surface area (Å²) in [5.74, 6) is -0.455. The number of ether oxygens (including phenoxy) is 1. The number of carbonyl (C=O) groups is 1. The first kappa shape index (κ1) is 16.7. The van der Waals surface area contributed by atoms with E-state index in [2.05, 4.69) is 5.32 Å². The highest BCUT2D eigenvalue weighted by Crippen LogP contribution is 2.11. The average Bonchev–Trinajstić information content (AvgIpc) is 2.93.